The Morgan fingerprint density at radius 2 is 1.89 bits per heavy atom. The SMILES string of the molecule is CC(C)(C)CNC(=O)c1ccc(C#CCN)cc1. The zero-order valence-corrected chi connectivity index (χ0v) is 11.2. The third kappa shape index (κ3) is 5.03. The van der Waals surface area contributed by atoms with Crippen molar-refractivity contribution in [2.75, 3.05) is 13.1 Å². The summed E-state index contributed by atoms with van der Waals surface area (Å²) in [5.41, 5.74) is 6.90. The van der Waals surface area contributed by atoms with Gasteiger partial charge in [0.25, 0.3) is 5.91 Å². The highest BCUT2D eigenvalue weighted by Crippen LogP contribution is 2.11. The van der Waals surface area contributed by atoms with Crippen molar-refractivity contribution in [3.63, 3.8) is 0 Å². The van der Waals surface area contributed by atoms with Gasteiger partial charge in [-0.3, -0.25) is 4.79 Å². The number of nitrogens with two attached hydrogens (primary N) is 1. The van der Waals surface area contributed by atoms with Gasteiger partial charge in [-0.1, -0.05) is 32.6 Å². The number of benzene rings is 1. The zero-order chi connectivity index (χ0) is 13.6. The summed E-state index contributed by atoms with van der Waals surface area (Å²) >= 11 is 0. The zero-order valence-electron chi connectivity index (χ0n) is 11.2. The second kappa shape index (κ2) is 6.23. The lowest BCUT2D eigenvalue weighted by Crippen LogP contribution is -2.32. The van der Waals surface area contributed by atoms with Crippen LogP contribution in [0, 0.1) is 17.3 Å². The van der Waals surface area contributed by atoms with Gasteiger partial charge in [0.2, 0.25) is 0 Å². The van der Waals surface area contributed by atoms with E-state index in [0.717, 1.165) is 5.56 Å². The Bertz CT molecular complexity index is 458. The third-order valence-electron chi connectivity index (χ3n) is 2.26. The number of carbonyl (C=O) groups is 1. The molecule has 0 atom stereocenters. The summed E-state index contributed by atoms with van der Waals surface area (Å²) in [6.07, 6.45) is 0. The van der Waals surface area contributed by atoms with Gasteiger partial charge in [-0.25, -0.2) is 0 Å². The summed E-state index contributed by atoms with van der Waals surface area (Å²) in [6.45, 7) is 7.24. The average molecular weight is 244 g/mol. The molecule has 96 valence electrons. The molecule has 0 spiro atoms. The molecule has 0 aromatic heterocycles. The second-order valence-corrected chi connectivity index (χ2v) is 5.33. The maximum Gasteiger partial charge on any atom is 0.251 e. The van der Waals surface area contributed by atoms with Crippen LogP contribution in [0.25, 0.3) is 0 Å². The van der Waals surface area contributed by atoms with E-state index in [0.29, 0.717) is 18.7 Å². The third-order valence-corrected chi connectivity index (χ3v) is 2.26. The van der Waals surface area contributed by atoms with E-state index < -0.39 is 0 Å². The molecule has 3 N–H and O–H groups in total. The highest BCUT2D eigenvalue weighted by Gasteiger charge is 2.12. The van der Waals surface area contributed by atoms with E-state index in [1.54, 1.807) is 12.1 Å². The van der Waals surface area contributed by atoms with Crippen LogP contribution in [-0.4, -0.2) is 19.0 Å². The van der Waals surface area contributed by atoms with Crippen molar-refractivity contribution in [3.8, 4) is 11.8 Å². The van der Waals surface area contributed by atoms with E-state index in [1.165, 1.54) is 0 Å². The van der Waals surface area contributed by atoms with Crippen LogP contribution >= 0.6 is 0 Å². The van der Waals surface area contributed by atoms with Crippen LogP contribution in [0.3, 0.4) is 0 Å². The smallest absolute Gasteiger partial charge is 0.251 e. The Kier molecular flexibility index (Phi) is 4.94. The van der Waals surface area contributed by atoms with Gasteiger partial charge < -0.3 is 11.1 Å². The molecule has 0 saturated heterocycles. The fourth-order valence-electron chi connectivity index (χ4n) is 1.31. The molecule has 0 radical (unpaired) electrons. The lowest BCUT2D eigenvalue weighted by molar-refractivity contribution is 0.0939. The van der Waals surface area contributed by atoms with Gasteiger partial charge in [0.15, 0.2) is 0 Å². The molecule has 1 amide bonds. The minimum absolute atomic E-state index is 0.0525. The first-order valence-corrected chi connectivity index (χ1v) is 5.99. The molecular formula is C15H20N2O. The summed E-state index contributed by atoms with van der Waals surface area (Å²) < 4.78 is 0. The molecule has 1 aromatic carbocycles. The molecule has 0 bridgehead atoms. The lowest BCUT2D eigenvalue weighted by Gasteiger charge is -2.18. The lowest BCUT2D eigenvalue weighted by atomic mass is 9.97. The summed E-state index contributed by atoms with van der Waals surface area (Å²) in [6, 6.07) is 7.21. The van der Waals surface area contributed by atoms with Gasteiger partial charge >= 0.3 is 0 Å². The van der Waals surface area contributed by atoms with Crippen LogP contribution in [0.1, 0.15) is 36.7 Å². The topological polar surface area (TPSA) is 55.1 Å². The monoisotopic (exact) mass is 244 g/mol. The first kappa shape index (κ1) is 14.3. The molecule has 0 aliphatic rings. The molecule has 0 saturated carbocycles. The summed E-state index contributed by atoms with van der Waals surface area (Å²) in [4.78, 5) is 11.8. The largest absolute Gasteiger partial charge is 0.352 e. The maximum absolute atomic E-state index is 11.8. The van der Waals surface area contributed by atoms with Gasteiger partial charge in [-0.15, -0.1) is 0 Å². The van der Waals surface area contributed by atoms with Gasteiger partial charge in [0, 0.05) is 17.7 Å². The van der Waals surface area contributed by atoms with Crippen molar-refractivity contribution >= 4 is 5.91 Å². The minimum atomic E-state index is -0.0525. The van der Waals surface area contributed by atoms with Gasteiger partial charge in [-0.05, 0) is 29.7 Å². The molecule has 0 unspecified atom stereocenters. The van der Waals surface area contributed by atoms with Gasteiger partial charge in [-0.2, -0.15) is 0 Å². The van der Waals surface area contributed by atoms with E-state index in [9.17, 15) is 4.79 Å². The van der Waals surface area contributed by atoms with Crippen molar-refractivity contribution in [1.29, 1.82) is 0 Å². The van der Waals surface area contributed by atoms with E-state index in [-0.39, 0.29) is 11.3 Å². The average Bonchev–Trinajstić information content (AvgIpc) is 2.33. The normalized spacial score (nSPS) is 10.4. The molecular weight excluding hydrogens is 224 g/mol. The highest BCUT2D eigenvalue weighted by molar-refractivity contribution is 5.94. The number of hydrogen-bond acceptors (Lipinski definition) is 2. The fraction of sp³-hybridized carbons (Fsp3) is 0.400. The molecule has 18 heavy (non-hydrogen) atoms. The predicted molar refractivity (Wildman–Crippen MR) is 74.2 cm³/mol. The first-order valence-electron chi connectivity index (χ1n) is 5.99. The highest BCUT2D eigenvalue weighted by atomic mass is 16.1. The molecule has 0 aliphatic carbocycles. The molecule has 3 heteroatoms. The fourth-order valence-corrected chi connectivity index (χ4v) is 1.31. The Morgan fingerprint density at radius 3 is 2.39 bits per heavy atom. The Morgan fingerprint density at radius 1 is 1.28 bits per heavy atom. The van der Waals surface area contributed by atoms with Crippen molar-refractivity contribution in [3.05, 3.63) is 35.4 Å². The standard InChI is InChI=1S/C15H20N2O/c1-15(2,3)11-17-14(18)13-8-6-12(7-9-13)5-4-10-16/h6-9H,10-11,16H2,1-3H3,(H,17,18). The number of hydrogen-bond donors (Lipinski definition) is 2. The Labute approximate surface area is 109 Å². The Hall–Kier alpha value is -1.79. The molecule has 3 nitrogen and oxygen atoms in total. The van der Waals surface area contributed by atoms with Gasteiger partial charge in [0.1, 0.15) is 0 Å². The summed E-state index contributed by atoms with van der Waals surface area (Å²) in [5, 5.41) is 2.91. The predicted octanol–water partition coefficient (Wildman–Crippen LogP) is 1.77. The summed E-state index contributed by atoms with van der Waals surface area (Å²) in [7, 11) is 0. The van der Waals surface area contributed by atoms with Crippen LogP contribution in [0.4, 0.5) is 0 Å². The molecule has 0 aliphatic heterocycles. The number of nitrogens with one attached hydrogen (secondary N) is 1. The van der Waals surface area contributed by atoms with Crippen LogP contribution in [0.15, 0.2) is 24.3 Å². The van der Waals surface area contributed by atoms with E-state index >= 15 is 0 Å². The van der Waals surface area contributed by atoms with Crippen LogP contribution in [0.5, 0.6) is 0 Å². The second-order valence-electron chi connectivity index (χ2n) is 5.33. The summed E-state index contributed by atoms with van der Waals surface area (Å²) in [5.74, 6) is 5.64. The van der Waals surface area contributed by atoms with Crippen molar-refractivity contribution in [2.45, 2.75) is 20.8 Å². The van der Waals surface area contributed by atoms with E-state index in [2.05, 4.69) is 37.9 Å². The minimum Gasteiger partial charge on any atom is -0.352 e. The van der Waals surface area contributed by atoms with E-state index in [1.807, 2.05) is 12.1 Å². The van der Waals surface area contributed by atoms with Crippen LogP contribution in [-0.2, 0) is 0 Å². The van der Waals surface area contributed by atoms with E-state index in [4.69, 9.17) is 5.73 Å². The Balaban J connectivity index is 2.65. The number of carbonyl (C=O) groups excluding carboxylic acids is 1. The van der Waals surface area contributed by atoms with Crippen molar-refractivity contribution in [2.24, 2.45) is 11.1 Å². The molecule has 1 rings (SSSR count). The van der Waals surface area contributed by atoms with Crippen LogP contribution in [0.2, 0.25) is 0 Å². The first-order chi connectivity index (χ1) is 8.42. The number of amides is 1. The van der Waals surface area contributed by atoms with Gasteiger partial charge in [0.05, 0.1) is 6.54 Å². The molecule has 1 aromatic rings. The molecule has 0 fully saturated rings. The number of rotatable bonds is 2. The van der Waals surface area contributed by atoms with Crippen molar-refractivity contribution < 1.29 is 4.79 Å². The molecule has 0 heterocycles. The quantitative estimate of drug-likeness (QED) is 0.779. The van der Waals surface area contributed by atoms with Crippen LogP contribution < -0.4 is 11.1 Å². The van der Waals surface area contributed by atoms with Crippen molar-refractivity contribution in [1.82, 2.24) is 5.32 Å². The maximum atomic E-state index is 11.8.